The summed E-state index contributed by atoms with van der Waals surface area (Å²) in [6.45, 7) is 6.77. The highest BCUT2D eigenvalue weighted by molar-refractivity contribution is 6.06. The molecule has 0 bridgehead atoms. The normalized spacial score (nSPS) is 14.2. The fraction of sp³-hybridized carbons (Fsp3) is 0.375. The number of carbonyl (C=O) groups excluding carboxylic acids is 1. The maximum Gasteiger partial charge on any atom is 0.261 e. The highest BCUT2D eigenvalue weighted by Gasteiger charge is 2.16. The molecule has 1 aliphatic heterocycles. The molecule has 5 heteroatoms. The predicted octanol–water partition coefficient (Wildman–Crippen LogP) is 4.69. The first-order valence-electron chi connectivity index (χ1n) is 10.4. The van der Waals surface area contributed by atoms with Gasteiger partial charge in [-0.05, 0) is 62.9 Å². The van der Waals surface area contributed by atoms with Gasteiger partial charge in [0.25, 0.3) is 11.5 Å². The van der Waals surface area contributed by atoms with Crippen molar-refractivity contribution in [2.24, 2.45) is 0 Å². The summed E-state index contributed by atoms with van der Waals surface area (Å²) in [5, 5.41) is 3.61. The van der Waals surface area contributed by atoms with Crippen molar-refractivity contribution in [2.75, 3.05) is 5.32 Å². The number of nitrogens with zero attached hydrogens (tertiary/aromatic N) is 2. The molecule has 0 radical (unpaired) electrons. The van der Waals surface area contributed by atoms with E-state index in [9.17, 15) is 9.59 Å². The number of aromatic nitrogens is 2. The van der Waals surface area contributed by atoms with Crippen LogP contribution in [0.1, 0.15) is 58.6 Å². The molecule has 0 spiro atoms. The summed E-state index contributed by atoms with van der Waals surface area (Å²) in [6.07, 6.45) is 5.19. The molecule has 1 N–H and O–H groups in total. The van der Waals surface area contributed by atoms with Crippen LogP contribution >= 0.6 is 0 Å². The lowest BCUT2D eigenvalue weighted by atomic mass is 10.0. The topological polar surface area (TPSA) is 64.0 Å². The average molecular weight is 389 g/mol. The Hall–Kier alpha value is -2.95. The molecule has 29 heavy (non-hydrogen) atoms. The Morgan fingerprint density at radius 2 is 1.72 bits per heavy atom. The van der Waals surface area contributed by atoms with E-state index in [1.54, 1.807) is 18.2 Å². The maximum absolute atomic E-state index is 13.0. The molecule has 5 nitrogen and oxygen atoms in total. The van der Waals surface area contributed by atoms with Crippen molar-refractivity contribution < 1.29 is 4.79 Å². The summed E-state index contributed by atoms with van der Waals surface area (Å²) >= 11 is 0. The minimum atomic E-state index is -0.185. The molecule has 0 saturated heterocycles. The first-order chi connectivity index (χ1) is 13.9. The number of amides is 1. The zero-order valence-electron chi connectivity index (χ0n) is 17.3. The molecular formula is C24H27N3O2. The SMILES string of the molecule is Cc1cc(C)c(NC(=O)c2ccc3c(=O)n4c(nc3c2)CCCCCC4)c(C)c1. The summed E-state index contributed by atoms with van der Waals surface area (Å²) in [7, 11) is 0. The number of anilines is 1. The van der Waals surface area contributed by atoms with Crippen molar-refractivity contribution in [2.45, 2.75) is 59.4 Å². The van der Waals surface area contributed by atoms with Crippen molar-refractivity contribution in [1.82, 2.24) is 9.55 Å². The third-order valence-electron chi connectivity index (χ3n) is 5.74. The van der Waals surface area contributed by atoms with Crippen LogP contribution in [0.2, 0.25) is 0 Å². The Kier molecular flexibility index (Phi) is 5.22. The summed E-state index contributed by atoms with van der Waals surface area (Å²) in [5.74, 6) is 0.653. The number of hydrogen-bond acceptors (Lipinski definition) is 3. The Morgan fingerprint density at radius 3 is 2.48 bits per heavy atom. The van der Waals surface area contributed by atoms with Gasteiger partial charge in [-0.1, -0.05) is 30.5 Å². The fourth-order valence-electron chi connectivity index (χ4n) is 4.30. The van der Waals surface area contributed by atoms with Gasteiger partial charge in [-0.3, -0.25) is 14.2 Å². The zero-order valence-corrected chi connectivity index (χ0v) is 17.3. The number of carbonyl (C=O) groups is 1. The lowest BCUT2D eigenvalue weighted by Gasteiger charge is -2.16. The van der Waals surface area contributed by atoms with Crippen LogP contribution in [0.3, 0.4) is 0 Å². The van der Waals surface area contributed by atoms with Gasteiger partial charge in [0.05, 0.1) is 10.9 Å². The van der Waals surface area contributed by atoms with Crippen molar-refractivity contribution in [1.29, 1.82) is 0 Å². The minimum absolute atomic E-state index is 0.00378. The number of nitrogens with one attached hydrogen (secondary N) is 1. The molecule has 1 aromatic heterocycles. The monoisotopic (exact) mass is 389 g/mol. The first kappa shape index (κ1) is 19.4. The second-order valence-corrected chi connectivity index (χ2v) is 8.11. The Balaban J connectivity index is 1.71. The molecule has 0 fully saturated rings. The van der Waals surface area contributed by atoms with Crippen LogP contribution in [-0.2, 0) is 13.0 Å². The molecule has 0 unspecified atom stereocenters. The third kappa shape index (κ3) is 3.82. The number of rotatable bonds is 2. The molecule has 0 aliphatic carbocycles. The van der Waals surface area contributed by atoms with Crippen molar-refractivity contribution >= 4 is 22.5 Å². The van der Waals surface area contributed by atoms with Crippen LogP contribution in [0.25, 0.3) is 10.9 Å². The molecular weight excluding hydrogens is 362 g/mol. The Bertz CT molecular complexity index is 1140. The predicted molar refractivity (Wildman–Crippen MR) is 117 cm³/mol. The number of benzene rings is 2. The summed E-state index contributed by atoms with van der Waals surface area (Å²) < 4.78 is 1.82. The Labute approximate surface area is 170 Å². The average Bonchev–Trinajstić information content (AvgIpc) is 2.65. The molecule has 1 aliphatic rings. The van der Waals surface area contributed by atoms with Crippen LogP contribution in [0.4, 0.5) is 5.69 Å². The second-order valence-electron chi connectivity index (χ2n) is 8.11. The van der Waals surface area contributed by atoms with E-state index in [0.29, 0.717) is 16.5 Å². The number of hydrogen-bond donors (Lipinski definition) is 1. The number of fused-ring (bicyclic) bond motifs is 2. The minimum Gasteiger partial charge on any atom is -0.322 e. The van der Waals surface area contributed by atoms with Gasteiger partial charge < -0.3 is 5.32 Å². The molecule has 1 amide bonds. The summed E-state index contributed by atoms with van der Waals surface area (Å²) in [4.78, 5) is 30.6. The van der Waals surface area contributed by atoms with Gasteiger partial charge in [-0.15, -0.1) is 0 Å². The lowest BCUT2D eigenvalue weighted by Crippen LogP contribution is -2.26. The lowest BCUT2D eigenvalue weighted by molar-refractivity contribution is 0.102. The van der Waals surface area contributed by atoms with Gasteiger partial charge in [0.1, 0.15) is 5.82 Å². The summed E-state index contributed by atoms with van der Waals surface area (Å²) in [6, 6.07) is 9.31. The first-order valence-corrected chi connectivity index (χ1v) is 10.4. The highest BCUT2D eigenvalue weighted by atomic mass is 16.1. The van der Waals surface area contributed by atoms with Crippen molar-refractivity contribution in [3.8, 4) is 0 Å². The van der Waals surface area contributed by atoms with Gasteiger partial charge in [0, 0.05) is 24.2 Å². The van der Waals surface area contributed by atoms with Gasteiger partial charge in [0.2, 0.25) is 0 Å². The standard InChI is InChI=1S/C24H27N3O2/c1-15-12-16(2)22(17(3)13-15)26-23(28)18-9-10-19-20(14-18)25-21-8-6-4-5-7-11-27(21)24(19)29/h9-10,12-14H,4-8,11H2,1-3H3,(H,26,28). The van der Waals surface area contributed by atoms with Crippen LogP contribution in [0.15, 0.2) is 35.1 Å². The van der Waals surface area contributed by atoms with E-state index in [2.05, 4.69) is 17.4 Å². The summed E-state index contributed by atoms with van der Waals surface area (Å²) in [5.41, 5.74) is 5.20. The third-order valence-corrected chi connectivity index (χ3v) is 5.74. The van der Waals surface area contributed by atoms with Gasteiger partial charge in [-0.2, -0.15) is 0 Å². The second kappa shape index (κ2) is 7.82. The zero-order chi connectivity index (χ0) is 20.5. The van der Waals surface area contributed by atoms with E-state index in [1.807, 2.05) is 25.3 Å². The molecule has 2 heterocycles. The van der Waals surface area contributed by atoms with Gasteiger partial charge in [-0.25, -0.2) is 4.98 Å². The molecule has 2 aromatic carbocycles. The largest absolute Gasteiger partial charge is 0.322 e. The molecule has 0 atom stereocenters. The van der Waals surface area contributed by atoms with E-state index in [4.69, 9.17) is 4.98 Å². The quantitative estimate of drug-likeness (QED) is 0.691. The molecule has 0 saturated carbocycles. The van der Waals surface area contributed by atoms with Gasteiger partial charge >= 0.3 is 0 Å². The van der Waals surface area contributed by atoms with Crippen LogP contribution in [0, 0.1) is 20.8 Å². The highest BCUT2D eigenvalue weighted by Crippen LogP contribution is 2.23. The van der Waals surface area contributed by atoms with Crippen molar-refractivity contribution in [3.63, 3.8) is 0 Å². The van der Waals surface area contributed by atoms with Gasteiger partial charge in [0.15, 0.2) is 0 Å². The fourth-order valence-corrected chi connectivity index (χ4v) is 4.30. The molecule has 150 valence electrons. The van der Waals surface area contributed by atoms with E-state index in [0.717, 1.165) is 54.9 Å². The van der Waals surface area contributed by atoms with E-state index in [-0.39, 0.29) is 11.5 Å². The van der Waals surface area contributed by atoms with E-state index < -0.39 is 0 Å². The molecule has 4 rings (SSSR count). The van der Waals surface area contributed by atoms with E-state index in [1.165, 1.54) is 12.0 Å². The van der Waals surface area contributed by atoms with Crippen LogP contribution in [-0.4, -0.2) is 15.5 Å². The maximum atomic E-state index is 13.0. The molecule has 3 aromatic rings. The van der Waals surface area contributed by atoms with Crippen LogP contribution in [0.5, 0.6) is 0 Å². The number of aryl methyl sites for hydroxylation is 4. The smallest absolute Gasteiger partial charge is 0.261 e. The Morgan fingerprint density at radius 1 is 1.00 bits per heavy atom. The van der Waals surface area contributed by atoms with Crippen LogP contribution < -0.4 is 10.9 Å². The van der Waals surface area contributed by atoms with Crippen molar-refractivity contribution in [3.05, 3.63) is 68.8 Å². The van der Waals surface area contributed by atoms with E-state index >= 15 is 0 Å².